The van der Waals surface area contributed by atoms with Crippen LogP contribution in [0.25, 0.3) is 11.2 Å². The molecule has 2 atom stereocenters. The Labute approximate surface area is 255 Å². The number of non-ortho nitro benzene ring substituents is 2. The summed E-state index contributed by atoms with van der Waals surface area (Å²) < 4.78 is 18.9. The molecule has 0 unspecified atom stereocenters. The van der Waals surface area contributed by atoms with Crippen molar-refractivity contribution in [3.8, 4) is 5.88 Å². The van der Waals surface area contributed by atoms with Gasteiger partial charge in [-0.15, -0.1) is 0 Å². The largest absolute Gasteiger partial charge is 0.476 e. The zero-order valence-corrected chi connectivity index (χ0v) is 24.1. The monoisotopic (exact) mass is 617 g/mol. The molecule has 16 nitrogen and oxygen atoms in total. The fourth-order valence-corrected chi connectivity index (χ4v) is 4.23. The first-order valence-corrected chi connectivity index (χ1v) is 13.8. The van der Waals surface area contributed by atoms with Crippen molar-refractivity contribution in [2.24, 2.45) is 5.92 Å². The van der Waals surface area contributed by atoms with Gasteiger partial charge in [-0.25, -0.2) is 9.78 Å². The van der Waals surface area contributed by atoms with Crippen molar-refractivity contribution in [1.82, 2.24) is 19.5 Å². The topological polar surface area (TPSA) is 204 Å². The molecule has 2 aromatic heterocycles. The van der Waals surface area contributed by atoms with Gasteiger partial charge < -0.3 is 14.2 Å². The van der Waals surface area contributed by atoms with Crippen molar-refractivity contribution in [1.29, 1.82) is 0 Å². The Morgan fingerprint density at radius 1 is 1.02 bits per heavy atom. The second kappa shape index (κ2) is 13.3. The smallest absolute Gasteiger partial charge is 0.338 e. The molecule has 0 radical (unpaired) electrons. The van der Waals surface area contributed by atoms with E-state index in [-0.39, 0.29) is 53.8 Å². The minimum atomic E-state index is -0.715. The highest BCUT2D eigenvalue weighted by atomic mass is 16.6. The standard InChI is InChI=1S/C29H27N7O9/c1-17(2)26(37)32-29-31-25-24(27(33-29)43-14-13-18-3-7-20(8-4-18)35(39)40)30-16-34(25)23-12-11-22(15-44-23)45-28(38)19-5-9-21(10-6-19)36(41)42/h3-12,16-17,22-23H,13-15H2,1-2H3,(H,31,32,33,37)/t22-,23+/m0/s1. The highest BCUT2D eigenvalue weighted by Gasteiger charge is 2.25. The Morgan fingerprint density at radius 2 is 1.69 bits per heavy atom. The lowest BCUT2D eigenvalue weighted by Crippen LogP contribution is -2.28. The molecular formula is C29H27N7O9. The van der Waals surface area contributed by atoms with Gasteiger partial charge in [-0.3, -0.25) is 34.9 Å². The Kier molecular flexibility index (Phi) is 9.04. The van der Waals surface area contributed by atoms with E-state index in [0.717, 1.165) is 5.56 Å². The van der Waals surface area contributed by atoms with Crippen molar-refractivity contribution in [2.45, 2.75) is 32.6 Å². The number of fused-ring (bicyclic) bond motifs is 1. The van der Waals surface area contributed by atoms with E-state index in [0.29, 0.717) is 17.6 Å². The summed E-state index contributed by atoms with van der Waals surface area (Å²) >= 11 is 0. The molecule has 3 heterocycles. The molecule has 1 N–H and O–H groups in total. The van der Waals surface area contributed by atoms with Gasteiger partial charge in [-0.1, -0.05) is 26.0 Å². The maximum Gasteiger partial charge on any atom is 0.338 e. The van der Waals surface area contributed by atoms with Crippen LogP contribution in [-0.4, -0.2) is 60.6 Å². The number of amides is 1. The molecule has 0 fully saturated rings. The van der Waals surface area contributed by atoms with Crippen LogP contribution in [0.3, 0.4) is 0 Å². The molecule has 1 aliphatic rings. The fraction of sp³-hybridized carbons (Fsp3) is 0.276. The third-order valence-corrected chi connectivity index (χ3v) is 6.69. The molecule has 0 spiro atoms. The van der Waals surface area contributed by atoms with Crippen LogP contribution < -0.4 is 10.1 Å². The summed E-state index contributed by atoms with van der Waals surface area (Å²) in [5, 5.41) is 24.4. The normalized spacial score (nSPS) is 16.0. The number of hydrogen-bond acceptors (Lipinski definition) is 12. The molecule has 0 saturated carbocycles. The summed E-state index contributed by atoms with van der Waals surface area (Å²) in [5.41, 5.74) is 1.44. The number of ether oxygens (including phenoxy) is 3. The summed E-state index contributed by atoms with van der Waals surface area (Å²) in [5.74, 6) is -1.18. The van der Waals surface area contributed by atoms with E-state index < -0.39 is 28.1 Å². The van der Waals surface area contributed by atoms with E-state index in [4.69, 9.17) is 14.2 Å². The first kappa shape index (κ1) is 30.7. The first-order chi connectivity index (χ1) is 21.6. The van der Waals surface area contributed by atoms with Gasteiger partial charge in [0.2, 0.25) is 17.7 Å². The second-order valence-corrected chi connectivity index (χ2v) is 10.2. The molecule has 0 aliphatic carbocycles. The Morgan fingerprint density at radius 3 is 2.29 bits per heavy atom. The van der Waals surface area contributed by atoms with Gasteiger partial charge in [0, 0.05) is 36.6 Å². The van der Waals surface area contributed by atoms with Crippen LogP contribution in [0.1, 0.15) is 36.0 Å². The maximum atomic E-state index is 12.5. The number of anilines is 1. The molecule has 0 bridgehead atoms. The van der Waals surface area contributed by atoms with Crippen LogP contribution in [0.5, 0.6) is 5.88 Å². The summed E-state index contributed by atoms with van der Waals surface area (Å²) in [6.45, 7) is 3.62. The van der Waals surface area contributed by atoms with Crippen molar-refractivity contribution in [3.05, 3.63) is 98.4 Å². The lowest BCUT2D eigenvalue weighted by atomic mass is 10.1. The number of nitro groups is 2. The van der Waals surface area contributed by atoms with Crippen LogP contribution in [0.2, 0.25) is 0 Å². The van der Waals surface area contributed by atoms with E-state index >= 15 is 0 Å². The van der Waals surface area contributed by atoms with E-state index in [9.17, 15) is 29.8 Å². The van der Waals surface area contributed by atoms with Gasteiger partial charge in [0.1, 0.15) is 6.10 Å². The molecular weight excluding hydrogens is 590 g/mol. The number of hydrogen-bond donors (Lipinski definition) is 1. The molecule has 16 heteroatoms. The van der Waals surface area contributed by atoms with Crippen LogP contribution >= 0.6 is 0 Å². The number of nitrogens with zero attached hydrogens (tertiary/aromatic N) is 6. The average Bonchev–Trinajstić information content (AvgIpc) is 3.45. The average molecular weight is 618 g/mol. The van der Waals surface area contributed by atoms with Gasteiger partial charge in [0.05, 0.1) is 35.0 Å². The summed E-state index contributed by atoms with van der Waals surface area (Å²) in [6.07, 6.45) is 3.80. The zero-order chi connectivity index (χ0) is 32.1. The molecule has 5 rings (SSSR count). The number of esters is 1. The predicted molar refractivity (Wildman–Crippen MR) is 158 cm³/mol. The van der Waals surface area contributed by atoms with E-state index in [2.05, 4.69) is 20.3 Å². The third kappa shape index (κ3) is 7.24. The fourth-order valence-electron chi connectivity index (χ4n) is 4.23. The molecule has 1 amide bonds. The van der Waals surface area contributed by atoms with E-state index in [1.807, 2.05) is 0 Å². The molecule has 0 saturated heterocycles. The lowest BCUT2D eigenvalue weighted by Gasteiger charge is -2.24. The van der Waals surface area contributed by atoms with Crippen LogP contribution in [0.4, 0.5) is 17.3 Å². The highest BCUT2D eigenvalue weighted by molar-refractivity contribution is 5.91. The van der Waals surface area contributed by atoms with Crippen LogP contribution in [-0.2, 0) is 20.7 Å². The minimum absolute atomic E-state index is 0.000181. The SMILES string of the molecule is CC(C)C(=O)Nc1nc(OCCc2ccc([N+](=O)[O-])cc2)c2ncn([C@H]3C=C[C@H](OC(=O)c4ccc([N+](=O)[O-])cc4)CO3)c2n1. The zero-order valence-electron chi connectivity index (χ0n) is 24.1. The van der Waals surface area contributed by atoms with Crippen molar-refractivity contribution in [2.75, 3.05) is 18.5 Å². The lowest BCUT2D eigenvalue weighted by molar-refractivity contribution is -0.385. The quantitative estimate of drug-likeness (QED) is 0.109. The summed E-state index contributed by atoms with van der Waals surface area (Å²) in [6, 6.07) is 11.2. The van der Waals surface area contributed by atoms with Crippen molar-refractivity contribution in [3.63, 3.8) is 0 Å². The van der Waals surface area contributed by atoms with Gasteiger partial charge in [-0.2, -0.15) is 9.97 Å². The number of carbonyl (C=O) groups excluding carboxylic acids is 2. The van der Waals surface area contributed by atoms with E-state index in [1.165, 1.54) is 42.7 Å². The highest BCUT2D eigenvalue weighted by Crippen LogP contribution is 2.28. The number of carbonyl (C=O) groups is 2. The Balaban J connectivity index is 1.32. The van der Waals surface area contributed by atoms with E-state index in [1.54, 1.807) is 42.7 Å². The van der Waals surface area contributed by atoms with Gasteiger partial charge in [0.25, 0.3) is 11.4 Å². The number of rotatable bonds is 11. The first-order valence-electron chi connectivity index (χ1n) is 13.8. The molecule has 4 aromatic rings. The minimum Gasteiger partial charge on any atom is -0.476 e. The second-order valence-electron chi connectivity index (χ2n) is 10.2. The number of imidazole rings is 1. The molecule has 232 valence electrons. The summed E-state index contributed by atoms with van der Waals surface area (Å²) in [7, 11) is 0. The number of nitro benzene ring substituents is 2. The van der Waals surface area contributed by atoms with Gasteiger partial charge in [0.15, 0.2) is 17.4 Å². The molecule has 45 heavy (non-hydrogen) atoms. The Bertz CT molecular complexity index is 1770. The van der Waals surface area contributed by atoms with Crippen LogP contribution in [0.15, 0.2) is 67.0 Å². The molecule has 1 aliphatic heterocycles. The van der Waals surface area contributed by atoms with Gasteiger partial charge >= 0.3 is 5.97 Å². The third-order valence-electron chi connectivity index (χ3n) is 6.69. The Hall–Kier alpha value is -5.77. The van der Waals surface area contributed by atoms with Gasteiger partial charge in [-0.05, 0) is 29.8 Å². The summed E-state index contributed by atoms with van der Waals surface area (Å²) in [4.78, 5) is 58.9. The molecule has 2 aromatic carbocycles. The van der Waals surface area contributed by atoms with Crippen molar-refractivity contribution < 1.29 is 33.6 Å². The van der Waals surface area contributed by atoms with Crippen molar-refractivity contribution >= 4 is 40.4 Å². The van der Waals surface area contributed by atoms with Crippen LogP contribution in [0, 0.1) is 26.1 Å². The maximum absolute atomic E-state index is 12.5. The number of benzene rings is 2. The number of aromatic nitrogens is 4. The number of nitrogens with one attached hydrogen (secondary N) is 1. The predicted octanol–water partition coefficient (Wildman–Crippen LogP) is 4.17.